The summed E-state index contributed by atoms with van der Waals surface area (Å²) in [7, 11) is 0. The molecule has 0 bridgehead atoms. The van der Waals surface area contributed by atoms with Gasteiger partial charge in [0.2, 0.25) is 0 Å². The first-order valence-corrected chi connectivity index (χ1v) is 3.42. The van der Waals surface area contributed by atoms with Crippen LogP contribution in [0.5, 0.6) is 0 Å². The van der Waals surface area contributed by atoms with Gasteiger partial charge in [0.25, 0.3) is 0 Å². The summed E-state index contributed by atoms with van der Waals surface area (Å²) in [4.78, 5) is 10.6. The molecule has 0 amide bonds. The Labute approximate surface area is 90.4 Å². The normalized spacial score (nSPS) is 8.83. The number of aromatic carboxylic acids is 1. The molecule has 1 rings (SSSR count). The molecule has 2 nitrogen and oxygen atoms in total. The Morgan fingerprint density at radius 2 is 1.92 bits per heavy atom. The minimum absolute atomic E-state index is 0. The maximum atomic E-state index is 10.6. The van der Waals surface area contributed by atoms with Crippen molar-refractivity contribution in [2.45, 2.75) is 13.8 Å². The first-order chi connectivity index (χ1) is 5.13. The van der Waals surface area contributed by atoms with E-state index in [2.05, 4.69) is 0 Å². The first kappa shape index (κ1) is 11.6. The fourth-order valence-electron chi connectivity index (χ4n) is 0.983. The number of carbonyl (C=O) groups is 1. The third-order valence-corrected chi connectivity index (χ3v) is 1.84. The van der Waals surface area contributed by atoms with Crippen molar-refractivity contribution in [1.29, 1.82) is 0 Å². The molecule has 0 aliphatic rings. The van der Waals surface area contributed by atoms with Crippen molar-refractivity contribution >= 4 is 31.8 Å². The molecule has 12 heavy (non-hydrogen) atoms. The summed E-state index contributed by atoms with van der Waals surface area (Å²) in [5.41, 5.74) is 2.26. The summed E-state index contributed by atoms with van der Waals surface area (Å²) in [6.45, 7) is 3.72. The van der Waals surface area contributed by atoms with Crippen LogP contribution in [0.4, 0.5) is 0 Å². The second-order valence-electron chi connectivity index (χ2n) is 2.55. The van der Waals surface area contributed by atoms with Crippen molar-refractivity contribution in [3.05, 3.63) is 34.9 Å². The molecule has 0 atom stereocenters. The molecule has 0 aliphatic heterocycles. The molecular formula is C9H13InO2. The number of aryl methyl sites for hydroxylation is 1. The monoisotopic (exact) mass is 268 g/mol. The zero-order valence-electron chi connectivity index (χ0n) is 6.59. The van der Waals surface area contributed by atoms with E-state index < -0.39 is 5.97 Å². The quantitative estimate of drug-likeness (QED) is 0.818. The zero-order valence-corrected chi connectivity index (χ0v) is 6.59. The van der Waals surface area contributed by atoms with E-state index in [1.165, 1.54) is 0 Å². The van der Waals surface area contributed by atoms with Gasteiger partial charge in [-0.2, -0.15) is 0 Å². The van der Waals surface area contributed by atoms with E-state index in [1.54, 1.807) is 12.1 Å². The van der Waals surface area contributed by atoms with Crippen LogP contribution in [-0.4, -0.2) is 36.9 Å². The minimum atomic E-state index is -0.855. The second kappa shape index (κ2) is 4.55. The van der Waals surface area contributed by atoms with Crippen LogP contribution in [0.2, 0.25) is 0 Å². The first-order valence-electron chi connectivity index (χ1n) is 3.42. The van der Waals surface area contributed by atoms with Gasteiger partial charge in [0.05, 0.1) is 5.56 Å². The molecule has 0 radical (unpaired) electrons. The van der Waals surface area contributed by atoms with Crippen molar-refractivity contribution in [2.24, 2.45) is 0 Å². The molecule has 1 aromatic rings. The van der Waals surface area contributed by atoms with Gasteiger partial charge in [-0.3, -0.25) is 0 Å². The van der Waals surface area contributed by atoms with Crippen molar-refractivity contribution in [3.8, 4) is 0 Å². The van der Waals surface area contributed by atoms with E-state index >= 15 is 0 Å². The number of benzene rings is 1. The second-order valence-corrected chi connectivity index (χ2v) is 2.55. The van der Waals surface area contributed by atoms with Crippen LogP contribution in [0, 0.1) is 13.8 Å². The Bertz CT molecular complexity index is 295. The molecule has 0 saturated heterocycles. The van der Waals surface area contributed by atoms with E-state index in [1.807, 2.05) is 19.9 Å². The van der Waals surface area contributed by atoms with E-state index in [0.29, 0.717) is 5.56 Å². The summed E-state index contributed by atoms with van der Waals surface area (Å²) in [6.07, 6.45) is 0. The molecule has 1 N–H and O–H groups in total. The molecule has 0 unspecified atom stereocenters. The van der Waals surface area contributed by atoms with Crippen molar-refractivity contribution in [1.82, 2.24) is 0 Å². The van der Waals surface area contributed by atoms with Crippen molar-refractivity contribution < 1.29 is 9.90 Å². The van der Waals surface area contributed by atoms with Crippen molar-refractivity contribution in [2.75, 3.05) is 0 Å². The molecule has 0 aliphatic carbocycles. The Morgan fingerprint density at radius 1 is 1.33 bits per heavy atom. The van der Waals surface area contributed by atoms with Crippen LogP contribution in [0.3, 0.4) is 0 Å². The standard InChI is InChI=1S/C9H10O2.In.3H/c1-6-4-3-5-8(7(6)2)9(10)11;;;;/h3-5H,1-2H3,(H,10,11);;;;. The fraction of sp³-hybridized carbons (Fsp3) is 0.222. The molecular weight excluding hydrogens is 255 g/mol. The van der Waals surface area contributed by atoms with Crippen LogP contribution in [0.15, 0.2) is 18.2 Å². The van der Waals surface area contributed by atoms with E-state index in [9.17, 15) is 4.79 Å². The SMILES string of the molecule is Cc1cccc(C(=O)O)c1C.[InH3]. The Kier molecular flexibility index (Phi) is 4.39. The van der Waals surface area contributed by atoms with Gasteiger partial charge < -0.3 is 5.11 Å². The summed E-state index contributed by atoms with van der Waals surface area (Å²) in [6, 6.07) is 5.28. The number of carboxylic acid groups (broad SMARTS) is 1. The average molecular weight is 268 g/mol. The van der Waals surface area contributed by atoms with Gasteiger partial charge in [0.15, 0.2) is 0 Å². The molecule has 0 aromatic heterocycles. The van der Waals surface area contributed by atoms with Gasteiger partial charge in [-0.25, -0.2) is 4.79 Å². The topological polar surface area (TPSA) is 37.3 Å². The molecule has 0 spiro atoms. The van der Waals surface area contributed by atoms with Gasteiger partial charge >= 0.3 is 31.8 Å². The molecule has 64 valence electrons. The average Bonchev–Trinajstić information content (AvgIpc) is 1.94. The van der Waals surface area contributed by atoms with E-state index in [-0.39, 0.29) is 25.8 Å². The van der Waals surface area contributed by atoms with Crippen LogP contribution in [0.1, 0.15) is 21.5 Å². The third kappa shape index (κ3) is 2.27. The number of carboxylic acids is 1. The Hall–Kier alpha value is -0.440. The van der Waals surface area contributed by atoms with Crippen LogP contribution in [0.25, 0.3) is 0 Å². The zero-order chi connectivity index (χ0) is 8.43. The summed E-state index contributed by atoms with van der Waals surface area (Å²) < 4.78 is 0. The van der Waals surface area contributed by atoms with Gasteiger partial charge in [0.1, 0.15) is 0 Å². The summed E-state index contributed by atoms with van der Waals surface area (Å²) in [5.74, 6) is -0.855. The number of hydrogen-bond acceptors (Lipinski definition) is 1. The van der Waals surface area contributed by atoms with Crippen LogP contribution in [-0.2, 0) is 0 Å². The van der Waals surface area contributed by atoms with Crippen LogP contribution < -0.4 is 0 Å². The summed E-state index contributed by atoms with van der Waals surface area (Å²) in [5, 5.41) is 8.69. The van der Waals surface area contributed by atoms with Crippen molar-refractivity contribution in [3.63, 3.8) is 0 Å². The fourth-order valence-corrected chi connectivity index (χ4v) is 0.983. The van der Waals surface area contributed by atoms with E-state index in [0.717, 1.165) is 11.1 Å². The van der Waals surface area contributed by atoms with Gasteiger partial charge in [0, 0.05) is 0 Å². The maximum absolute atomic E-state index is 10.6. The van der Waals surface area contributed by atoms with Gasteiger partial charge in [-0.15, -0.1) is 0 Å². The Morgan fingerprint density at radius 3 is 2.33 bits per heavy atom. The molecule has 0 saturated carbocycles. The molecule has 0 fully saturated rings. The van der Waals surface area contributed by atoms with E-state index in [4.69, 9.17) is 5.11 Å². The third-order valence-electron chi connectivity index (χ3n) is 1.84. The van der Waals surface area contributed by atoms with Gasteiger partial charge in [-0.05, 0) is 31.0 Å². The number of hydrogen-bond donors (Lipinski definition) is 1. The molecule has 3 heteroatoms. The number of rotatable bonds is 1. The molecule has 0 heterocycles. The predicted octanol–water partition coefficient (Wildman–Crippen LogP) is 0.818. The Balaban J connectivity index is 0.00000121. The predicted molar refractivity (Wildman–Crippen MR) is 52.8 cm³/mol. The van der Waals surface area contributed by atoms with Crippen LogP contribution >= 0.6 is 0 Å². The molecule has 1 aromatic carbocycles. The summed E-state index contributed by atoms with van der Waals surface area (Å²) >= 11 is 0. The van der Waals surface area contributed by atoms with Gasteiger partial charge in [-0.1, -0.05) is 12.1 Å².